The summed E-state index contributed by atoms with van der Waals surface area (Å²) in [6.07, 6.45) is 5.82. The van der Waals surface area contributed by atoms with Gasteiger partial charge < -0.3 is 4.90 Å². The molecule has 2 N–H and O–H groups in total. The highest BCUT2D eigenvalue weighted by atomic mass is 32.2. The molecule has 202 valence electrons. The van der Waals surface area contributed by atoms with E-state index in [-0.39, 0.29) is 27.1 Å². The lowest BCUT2D eigenvalue weighted by molar-refractivity contribution is 0.0758. The first-order chi connectivity index (χ1) is 18.1. The Morgan fingerprint density at radius 2 is 1.26 bits per heavy atom. The molecule has 8 nitrogen and oxygen atoms in total. The smallest absolute Gasteiger partial charge is 0.261 e. The zero-order valence-electron chi connectivity index (χ0n) is 20.7. The van der Waals surface area contributed by atoms with Crippen LogP contribution in [0.3, 0.4) is 0 Å². The lowest BCUT2D eigenvalue weighted by Crippen LogP contribution is -2.32. The number of carbonyl (C=O) groups excluding carboxylic acids is 1. The van der Waals surface area contributed by atoms with E-state index in [2.05, 4.69) is 9.44 Å². The maximum Gasteiger partial charge on any atom is 0.261 e. The zero-order valence-corrected chi connectivity index (χ0v) is 23.1. The maximum absolute atomic E-state index is 13.3. The molecule has 1 saturated heterocycles. The first-order valence-corrected chi connectivity index (χ1v) is 16.2. The summed E-state index contributed by atoms with van der Waals surface area (Å²) < 4.78 is 69.5. The first kappa shape index (κ1) is 27.9. The van der Waals surface area contributed by atoms with Gasteiger partial charge in [0.25, 0.3) is 26.0 Å². The van der Waals surface area contributed by atoms with Gasteiger partial charge in [0.2, 0.25) is 0 Å². The maximum atomic E-state index is 13.3. The van der Waals surface area contributed by atoms with Gasteiger partial charge in [0.1, 0.15) is 5.82 Å². The third-order valence-electron chi connectivity index (χ3n) is 6.12. The standard InChI is InChI=1S/C26H28FN3O5S3/c1-36-25-15-14-23(18-24(25)26(31)30-16-4-2-3-5-17-30)38(34,35)29-21-10-12-22(13-11-21)37(32,33)28-20-8-6-19(27)7-9-20/h6-15,18,28-29H,2-5,16-17H2,1H3. The molecule has 12 heteroatoms. The van der Waals surface area contributed by atoms with Gasteiger partial charge in [-0.1, -0.05) is 12.8 Å². The van der Waals surface area contributed by atoms with Gasteiger partial charge in [-0.2, -0.15) is 0 Å². The number of amides is 1. The van der Waals surface area contributed by atoms with Crippen molar-refractivity contribution in [2.45, 2.75) is 40.4 Å². The number of nitrogens with one attached hydrogen (secondary N) is 2. The first-order valence-electron chi connectivity index (χ1n) is 12.0. The molecule has 0 radical (unpaired) electrons. The SMILES string of the molecule is CSc1ccc(S(=O)(=O)Nc2ccc(S(=O)(=O)Nc3ccc(F)cc3)cc2)cc1C(=O)N1CCCCCC1. The third-order valence-corrected chi connectivity index (χ3v) is 9.69. The monoisotopic (exact) mass is 577 g/mol. The van der Waals surface area contributed by atoms with Gasteiger partial charge in [0.05, 0.1) is 15.4 Å². The van der Waals surface area contributed by atoms with Crippen LogP contribution < -0.4 is 9.44 Å². The molecule has 0 atom stereocenters. The predicted octanol–water partition coefficient (Wildman–Crippen LogP) is 5.17. The van der Waals surface area contributed by atoms with E-state index in [4.69, 9.17) is 0 Å². The largest absolute Gasteiger partial charge is 0.339 e. The number of halogens is 1. The van der Waals surface area contributed by atoms with Gasteiger partial charge in [0, 0.05) is 29.4 Å². The van der Waals surface area contributed by atoms with Crippen molar-refractivity contribution < 1.29 is 26.0 Å². The van der Waals surface area contributed by atoms with Crippen LogP contribution in [0.15, 0.2) is 81.4 Å². The molecule has 3 aromatic rings. The second-order valence-electron chi connectivity index (χ2n) is 8.81. The number of rotatable bonds is 8. The highest BCUT2D eigenvalue weighted by Gasteiger charge is 2.24. The molecule has 0 aliphatic carbocycles. The molecule has 3 aromatic carbocycles. The molecule has 0 bridgehead atoms. The Hall–Kier alpha value is -3.09. The topological polar surface area (TPSA) is 113 Å². The predicted molar refractivity (Wildman–Crippen MR) is 147 cm³/mol. The van der Waals surface area contributed by atoms with Crippen molar-refractivity contribution in [1.29, 1.82) is 0 Å². The fourth-order valence-corrected chi connectivity index (χ4v) is 6.83. The third kappa shape index (κ3) is 6.66. The van der Waals surface area contributed by atoms with Crippen molar-refractivity contribution in [3.63, 3.8) is 0 Å². The van der Waals surface area contributed by atoms with Crippen LogP contribution in [0.5, 0.6) is 0 Å². The van der Waals surface area contributed by atoms with Crippen molar-refractivity contribution in [2.75, 3.05) is 28.8 Å². The Bertz CT molecular complexity index is 1500. The van der Waals surface area contributed by atoms with Crippen LogP contribution in [0, 0.1) is 5.82 Å². The van der Waals surface area contributed by atoms with Crippen molar-refractivity contribution >= 4 is 49.1 Å². The summed E-state index contributed by atoms with van der Waals surface area (Å²) in [6, 6.07) is 14.5. The van der Waals surface area contributed by atoms with Crippen LogP contribution in [-0.2, 0) is 20.0 Å². The number of benzene rings is 3. The molecule has 1 aliphatic heterocycles. The number of nitrogens with zero attached hydrogens (tertiary/aromatic N) is 1. The molecule has 0 saturated carbocycles. The molecule has 4 rings (SSSR count). The molecule has 1 heterocycles. The molecule has 1 aliphatic rings. The number of likely N-dealkylation sites (tertiary alicyclic amines) is 1. The lowest BCUT2D eigenvalue weighted by Gasteiger charge is -2.22. The summed E-state index contributed by atoms with van der Waals surface area (Å²) in [5, 5.41) is 0. The fourth-order valence-electron chi connectivity index (χ4n) is 4.11. The van der Waals surface area contributed by atoms with E-state index in [1.807, 2.05) is 6.26 Å². The highest BCUT2D eigenvalue weighted by molar-refractivity contribution is 7.98. The van der Waals surface area contributed by atoms with Gasteiger partial charge in [0.15, 0.2) is 0 Å². The average molecular weight is 578 g/mol. The van der Waals surface area contributed by atoms with Gasteiger partial charge >= 0.3 is 0 Å². The van der Waals surface area contributed by atoms with Crippen LogP contribution in [0.2, 0.25) is 0 Å². The number of anilines is 2. The summed E-state index contributed by atoms with van der Waals surface area (Å²) in [5.74, 6) is -0.678. The molecule has 0 unspecified atom stereocenters. The summed E-state index contributed by atoms with van der Waals surface area (Å²) in [5.41, 5.74) is 0.686. The van der Waals surface area contributed by atoms with E-state index in [1.54, 1.807) is 11.0 Å². The number of hydrogen-bond donors (Lipinski definition) is 2. The Morgan fingerprint density at radius 1 is 0.763 bits per heavy atom. The summed E-state index contributed by atoms with van der Waals surface area (Å²) >= 11 is 1.38. The number of thioether (sulfide) groups is 1. The Morgan fingerprint density at radius 3 is 1.82 bits per heavy atom. The van der Waals surface area contributed by atoms with Crippen LogP contribution in [-0.4, -0.2) is 47.0 Å². The average Bonchev–Trinajstić information content (AvgIpc) is 3.19. The zero-order chi connectivity index (χ0) is 27.3. The van der Waals surface area contributed by atoms with Crippen LogP contribution in [0.25, 0.3) is 0 Å². The van der Waals surface area contributed by atoms with Gasteiger partial charge in [-0.3, -0.25) is 14.2 Å². The Labute approximate surface area is 226 Å². The molecule has 38 heavy (non-hydrogen) atoms. The molecule has 0 spiro atoms. The molecule has 1 amide bonds. The lowest BCUT2D eigenvalue weighted by atomic mass is 10.2. The quantitative estimate of drug-likeness (QED) is 0.358. The summed E-state index contributed by atoms with van der Waals surface area (Å²) in [6.45, 7) is 1.29. The van der Waals surface area contributed by atoms with E-state index in [9.17, 15) is 26.0 Å². The van der Waals surface area contributed by atoms with E-state index in [0.29, 0.717) is 23.5 Å². The second kappa shape index (κ2) is 11.7. The van der Waals surface area contributed by atoms with E-state index in [1.165, 1.54) is 60.3 Å². The summed E-state index contributed by atoms with van der Waals surface area (Å²) in [4.78, 5) is 15.6. The highest BCUT2D eigenvalue weighted by Crippen LogP contribution is 2.27. The van der Waals surface area contributed by atoms with Gasteiger partial charge in [-0.25, -0.2) is 21.2 Å². The normalized spacial score (nSPS) is 14.5. The van der Waals surface area contributed by atoms with Crippen molar-refractivity contribution in [1.82, 2.24) is 4.90 Å². The van der Waals surface area contributed by atoms with E-state index >= 15 is 0 Å². The molecular formula is C26H28FN3O5S3. The van der Waals surface area contributed by atoms with Crippen LogP contribution in [0.1, 0.15) is 36.0 Å². The van der Waals surface area contributed by atoms with Crippen LogP contribution >= 0.6 is 11.8 Å². The second-order valence-corrected chi connectivity index (χ2v) is 13.0. The van der Waals surface area contributed by atoms with Gasteiger partial charge in [-0.05, 0) is 85.8 Å². The Balaban J connectivity index is 1.53. The number of sulfonamides is 2. The van der Waals surface area contributed by atoms with Crippen molar-refractivity contribution in [3.8, 4) is 0 Å². The fraction of sp³-hybridized carbons (Fsp3) is 0.269. The molecular weight excluding hydrogens is 550 g/mol. The van der Waals surface area contributed by atoms with Crippen molar-refractivity contribution in [2.24, 2.45) is 0 Å². The van der Waals surface area contributed by atoms with E-state index < -0.39 is 25.9 Å². The van der Waals surface area contributed by atoms with Gasteiger partial charge in [-0.15, -0.1) is 11.8 Å². The minimum atomic E-state index is -4.06. The number of hydrogen-bond acceptors (Lipinski definition) is 6. The van der Waals surface area contributed by atoms with Crippen LogP contribution in [0.4, 0.5) is 15.8 Å². The Kier molecular flexibility index (Phi) is 8.64. The summed E-state index contributed by atoms with van der Waals surface area (Å²) in [7, 11) is -8.03. The van der Waals surface area contributed by atoms with Crippen molar-refractivity contribution in [3.05, 3.63) is 78.1 Å². The minimum Gasteiger partial charge on any atom is -0.339 e. The molecule has 1 fully saturated rings. The minimum absolute atomic E-state index is 0.0665. The molecule has 0 aromatic heterocycles. The van der Waals surface area contributed by atoms with E-state index in [0.717, 1.165) is 37.8 Å². The number of carbonyl (C=O) groups is 1.